The van der Waals surface area contributed by atoms with Crippen molar-refractivity contribution in [3.63, 3.8) is 0 Å². The number of ether oxygens (including phenoxy) is 2. The summed E-state index contributed by atoms with van der Waals surface area (Å²) in [6.45, 7) is 2.35. The fourth-order valence-electron chi connectivity index (χ4n) is 4.55. The normalized spacial score (nSPS) is 18.8. The minimum atomic E-state index is -0.404. The first kappa shape index (κ1) is 22.6. The monoisotopic (exact) mass is 451 g/mol. The lowest BCUT2D eigenvalue weighted by atomic mass is 10.1. The molecule has 3 amide bonds. The molecule has 2 aromatic carbocycles. The summed E-state index contributed by atoms with van der Waals surface area (Å²) < 4.78 is 10.7. The maximum Gasteiger partial charge on any atom is 0.257 e. The molecular weight excluding hydrogens is 422 g/mol. The number of carbonyl (C=O) groups excluding carboxylic acids is 3. The van der Waals surface area contributed by atoms with Gasteiger partial charge in [-0.15, -0.1) is 0 Å². The van der Waals surface area contributed by atoms with Crippen molar-refractivity contribution in [3.05, 3.63) is 54.1 Å². The van der Waals surface area contributed by atoms with Gasteiger partial charge in [-0.05, 0) is 30.7 Å². The van der Waals surface area contributed by atoms with Crippen LogP contribution in [0.25, 0.3) is 0 Å². The smallest absolute Gasteiger partial charge is 0.257 e. The van der Waals surface area contributed by atoms with Gasteiger partial charge in [0.2, 0.25) is 11.8 Å². The third-order valence-corrected chi connectivity index (χ3v) is 6.28. The molecule has 33 heavy (non-hydrogen) atoms. The maximum atomic E-state index is 13.3. The first-order valence-electron chi connectivity index (χ1n) is 11.2. The molecule has 0 spiro atoms. The van der Waals surface area contributed by atoms with Crippen LogP contribution in [0.4, 0.5) is 5.69 Å². The van der Waals surface area contributed by atoms with Gasteiger partial charge in [0.15, 0.2) is 0 Å². The first-order valence-corrected chi connectivity index (χ1v) is 11.2. The highest BCUT2D eigenvalue weighted by Gasteiger charge is 2.38. The van der Waals surface area contributed by atoms with E-state index in [2.05, 4.69) is 0 Å². The van der Waals surface area contributed by atoms with Crippen molar-refractivity contribution < 1.29 is 23.9 Å². The number of benzene rings is 2. The molecule has 2 heterocycles. The molecule has 2 saturated heterocycles. The van der Waals surface area contributed by atoms with Crippen LogP contribution in [0.3, 0.4) is 0 Å². The summed E-state index contributed by atoms with van der Waals surface area (Å²) in [5, 5.41) is 0. The minimum absolute atomic E-state index is 0.0349. The number of para-hydroxylation sites is 3. The van der Waals surface area contributed by atoms with E-state index in [4.69, 9.17) is 9.47 Å². The molecule has 0 radical (unpaired) electrons. The molecule has 0 aliphatic carbocycles. The molecule has 0 bridgehead atoms. The van der Waals surface area contributed by atoms with E-state index in [0.717, 1.165) is 0 Å². The summed E-state index contributed by atoms with van der Waals surface area (Å²) in [7, 11) is 3.11. The average molecular weight is 452 g/mol. The Morgan fingerprint density at radius 2 is 1.48 bits per heavy atom. The van der Waals surface area contributed by atoms with E-state index in [1.807, 2.05) is 30.3 Å². The van der Waals surface area contributed by atoms with Crippen molar-refractivity contribution in [3.8, 4) is 11.5 Å². The summed E-state index contributed by atoms with van der Waals surface area (Å²) in [4.78, 5) is 44.2. The van der Waals surface area contributed by atoms with E-state index in [-0.39, 0.29) is 24.1 Å². The molecule has 0 N–H and O–H groups in total. The van der Waals surface area contributed by atoms with Crippen molar-refractivity contribution >= 4 is 23.4 Å². The van der Waals surface area contributed by atoms with Crippen LogP contribution < -0.4 is 14.4 Å². The molecule has 1 atom stereocenters. The number of hydrogen-bond acceptors (Lipinski definition) is 5. The van der Waals surface area contributed by atoms with Gasteiger partial charge in [0, 0.05) is 39.1 Å². The van der Waals surface area contributed by atoms with Crippen LogP contribution in [-0.2, 0) is 9.59 Å². The highest BCUT2D eigenvalue weighted by Crippen LogP contribution is 2.33. The quantitative estimate of drug-likeness (QED) is 0.698. The Morgan fingerprint density at radius 3 is 2.24 bits per heavy atom. The largest absolute Gasteiger partial charge is 0.496 e. The van der Waals surface area contributed by atoms with E-state index in [9.17, 15) is 14.4 Å². The Balaban J connectivity index is 1.41. The average Bonchev–Trinajstić information content (AvgIpc) is 3.07. The van der Waals surface area contributed by atoms with Gasteiger partial charge in [-0.3, -0.25) is 14.4 Å². The Bertz CT molecular complexity index is 1040. The molecule has 2 aliphatic heterocycles. The fourth-order valence-corrected chi connectivity index (χ4v) is 4.55. The zero-order chi connectivity index (χ0) is 23.4. The van der Waals surface area contributed by atoms with E-state index in [0.29, 0.717) is 61.9 Å². The van der Waals surface area contributed by atoms with E-state index >= 15 is 0 Å². The Kier molecular flexibility index (Phi) is 6.82. The summed E-state index contributed by atoms with van der Waals surface area (Å²) >= 11 is 0. The maximum absolute atomic E-state index is 13.3. The van der Waals surface area contributed by atoms with Gasteiger partial charge in [-0.2, -0.15) is 0 Å². The number of methoxy groups -OCH3 is 2. The predicted molar refractivity (Wildman–Crippen MR) is 124 cm³/mol. The number of hydrogen-bond donors (Lipinski definition) is 0. The molecule has 8 nitrogen and oxygen atoms in total. The highest BCUT2D eigenvalue weighted by atomic mass is 16.5. The van der Waals surface area contributed by atoms with Gasteiger partial charge in [-0.1, -0.05) is 24.3 Å². The van der Waals surface area contributed by atoms with Gasteiger partial charge in [-0.25, -0.2) is 0 Å². The molecule has 0 saturated carbocycles. The summed E-state index contributed by atoms with van der Waals surface area (Å²) in [5.74, 6) is 0.534. The fraction of sp³-hybridized carbons (Fsp3) is 0.400. The van der Waals surface area contributed by atoms with Crippen LogP contribution in [0.15, 0.2) is 48.5 Å². The standard InChI is InChI=1S/C25H29N3O5/c1-32-21-10-5-3-8-19(21)25(31)27-13-7-12-26(14-15-27)24(30)18-16-23(29)28(17-18)20-9-4-6-11-22(20)33-2/h3-6,8-11,18H,7,12-17H2,1-2H3. The van der Waals surface area contributed by atoms with Gasteiger partial charge < -0.3 is 24.2 Å². The third kappa shape index (κ3) is 4.65. The third-order valence-electron chi connectivity index (χ3n) is 6.28. The van der Waals surface area contributed by atoms with Crippen LogP contribution in [-0.4, -0.2) is 74.5 Å². The summed E-state index contributed by atoms with van der Waals surface area (Å²) in [5.41, 5.74) is 1.21. The summed E-state index contributed by atoms with van der Waals surface area (Å²) in [6.07, 6.45) is 0.862. The summed E-state index contributed by atoms with van der Waals surface area (Å²) in [6, 6.07) is 14.5. The van der Waals surface area contributed by atoms with E-state index in [1.54, 1.807) is 47.1 Å². The second kappa shape index (κ2) is 9.94. The van der Waals surface area contributed by atoms with Crippen LogP contribution >= 0.6 is 0 Å². The van der Waals surface area contributed by atoms with Crippen LogP contribution in [0.1, 0.15) is 23.2 Å². The lowest BCUT2D eigenvalue weighted by Crippen LogP contribution is -2.40. The zero-order valence-corrected chi connectivity index (χ0v) is 19.0. The number of rotatable bonds is 5. The van der Waals surface area contributed by atoms with Crippen LogP contribution in [0.5, 0.6) is 11.5 Å². The SMILES string of the molecule is COc1ccccc1C(=O)N1CCCN(C(=O)C2CC(=O)N(c3ccccc3OC)C2)CC1. The molecular formula is C25H29N3O5. The molecule has 2 fully saturated rings. The van der Waals surface area contributed by atoms with Gasteiger partial charge in [0.05, 0.1) is 31.4 Å². The molecule has 4 rings (SSSR count). The van der Waals surface area contributed by atoms with Crippen molar-refractivity contribution in [1.82, 2.24) is 9.80 Å². The second-order valence-electron chi connectivity index (χ2n) is 8.25. The minimum Gasteiger partial charge on any atom is -0.496 e. The topological polar surface area (TPSA) is 79.4 Å². The van der Waals surface area contributed by atoms with Crippen LogP contribution in [0.2, 0.25) is 0 Å². The van der Waals surface area contributed by atoms with Crippen molar-refractivity contribution in [2.75, 3.05) is 51.8 Å². The molecule has 0 aromatic heterocycles. The van der Waals surface area contributed by atoms with Crippen LogP contribution in [0, 0.1) is 5.92 Å². The first-order chi connectivity index (χ1) is 16.0. The Labute approximate surface area is 193 Å². The van der Waals surface area contributed by atoms with E-state index in [1.165, 1.54) is 0 Å². The highest BCUT2D eigenvalue weighted by molar-refractivity contribution is 6.01. The molecule has 1 unspecified atom stereocenters. The second-order valence-corrected chi connectivity index (χ2v) is 8.25. The lowest BCUT2D eigenvalue weighted by molar-refractivity contribution is -0.135. The van der Waals surface area contributed by atoms with Gasteiger partial charge >= 0.3 is 0 Å². The lowest BCUT2D eigenvalue weighted by Gasteiger charge is -2.25. The Hall–Kier alpha value is -3.55. The van der Waals surface area contributed by atoms with Gasteiger partial charge in [0.25, 0.3) is 5.91 Å². The molecule has 2 aromatic rings. The predicted octanol–water partition coefficient (Wildman–Crippen LogP) is 2.43. The van der Waals surface area contributed by atoms with E-state index < -0.39 is 5.92 Å². The zero-order valence-electron chi connectivity index (χ0n) is 19.0. The van der Waals surface area contributed by atoms with Crippen molar-refractivity contribution in [1.29, 1.82) is 0 Å². The molecule has 2 aliphatic rings. The van der Waals surface area contributed by atoms with Crippen molar-refractivity contribution in [2.24, 2.45) is 5.92 Å². The van der Waals surface area contributed by atoms with Crippen molar-refractivity contribution in [2.45, 2.75) is 12.8 Å². The number of carbonyl (C=O) groups is 3. The Morgan fingerprint density at radius 1 is 0.848 bits per heavy atom. The molecule has 8 heteroatoms. The molecule has 174 valence electrons. The number of nitrogens with zero attached hydrogens (tertiary/aromatic N) is 3. The van der Waals surface area contributed by atoms with Gasteiger partial charge in [0.1, 0.15) is 11.5 Å². The number of anilines is 1. The number of amides is 3.